The summed E-state index contributed by atoms with van der Waals surface area (Å²) in [5.41, 5.74) is 6.16. The van der Waals surface area contributed by atoms with Crippen molar-refractivity contribution in [2.75, 3.05) is 12.0 Å². The molecule has 3 rings (SSSR count). The predicted molar refractivity (Wildman–Crippen MR) is 113 cm³/mol. The lowest BCUT2D eigenvalue weighted by Gasteiger charge is -2.10. The topological polar surface area (TPSA) is 103 Å². The Balaban J connectivity index is 1.89. The number of aryl methyl sites for hydroxylation is 2. The van der Waals surface area contributed by atoms with Crippen molar-refractivity contribution in [2.24, 2.45) is 5.10 Å². The molecule has 7 heteroatoms. The third-order valence-electron chi connectivity index (χ3n) is 4.32. The van der Waals surface area contributed by atoms with Gasteiger partial charge in [0.2, 0.25) is 5.95 Å². The second kappa shape index (κ2) is 8.85. The molecule has 0 spiro atoms. The number of nitriles is 1. The van der Waals surface area contributed by atoms with E-state index < -0.39 is 5.56 Å². The third-order valence-corrected chi connectivity index (χ3v) is 4.32. The van der Waals surface area contributed by atoms with Gasteiger partial charge >= 0.3 is 0 Å². The fourth-order valence-corrected chi connectivity index (χ4v) is 2.98. The highest BCUT2D eigenvalue weighted by molar-refractivity contribution is 5.84. The number of aromatic nitrogens is 2. The molecule has 0 fully saturated rings. The van der Waals surface area contributed by atoms with Crippen LogP contribution in [0.15, 0.2) is 52.4 Å². The molecular weight excluding hydrogens is 366 g/mol. The van der Waals surface area contributed by atoms with Crippen LogP contribution < -0.4 is 15.7 Å². The molecule has 0 aliphatic heterocycles. The number of ether oxygens (including phenoxy) is 1. The monoisotopic (exact) mass is 387 g/mol. The van der Waals surface area contributed by atoms with E-state index in [0.29, 0.717) is 17.9 Å². The van der Waals surface area contributed by atoms with Crippen LogP contribution in [0.4, 0.5) is 5.95 Å². The van der Waals surface area contributed by atoms with Crippen molar-refractivity contribution in [1.29, 1.82) is 5.26 Å². The number of anilines is 1. The van der Waals surface area contributed by atoms with Gasteiger partial charge in [0, 0.05) is 11.1 Å². The molecule has 0 saturated heterocycles. The van der Waals surface area contributed by atoms with Gasteiger partial charge in [-0.25, -0.2) is 10.4 Å². The van der Waals surface area contributed by atoms with Crippen molar-refractivity contribution in [1.82, 2.24) is 9.97 Å². The molecule has 0 bridgehead atoms. The predicted octanol–water partition coefficient (Wildman–Crippen LogP) is 3.77. The minimum absolute atomic E-state index is 0.0380. The molecule has 0 amide bonds. The summed E-state index contributed by atoms with van der Waals surface area (Å²) >= 11 is 0. The first kappa shape index (κ1) is 19.8. The Morgan fingerprint density at radius 3 is 2.55 bits per heavy atom. The number of nitrogens with zero attached hydrogens (tertiary/aromatic N) is 3. The van der Waals surface area contributed by atoms with Crippen LogP contribution in [0.2, 0.25) is 0 Å². The number of benzene rings is 2. The van der Waals surface area contributed by atoms with Crippen LogP contribution in [0.25, 0.3) is 11.3 Å². The van der Waals surface area contributed by atoms with E-state index >= 15 is 0 Å². The van der Waals surface area contributed by atoms with Crippen LogP contribution in [0, 0.1) is 25.2 Å². The fourth-order valence-electron chi connectivity index (χ4n) is 2.98. The molecule has 0 saturated carbocycles. The van der Waals surface area contributed by atoms with Gasteiger partial charge in [-0.3, -0.25) is 9.78 Å². The van der Waals surface area contributed by atoms with Gasteiger partial charge in [0.15, 0.2) is 0 Å². The number of aromatic amines is 1. The Morgan fingerprint density at radius 2 is 1.93 bits per heavy atom. The first-order valence-electron chi connectivity index (χ1n) is 9.16. The van der Waals surface area contributed by atoms with Gasteiger partial charge in [-0.2, -0.15) is 10.4 Å². The van der Waals surface area contributed by atoms with E-state index in [2.05, 4.69) is 20.5 Å². The van der Waals surface area contributed by atoms with Gasteiger partial charge in [0.05, 0.1) is 18.5 Å². The molecule has 146 valence electrons. The Morgan fingerprint density at radius 1 is 1.24 bits per heavy atom. The van der Waals surface area contributed by atoms with Gasteiger partial charge in [0.1, 0.15) is 17.4 Å². The van der Waals surface area contributed by atoms with Gasteiger partial charge in [0.25, 0.3) is 5.56 Å². The molecule has 0 radical (unpaired) electrons. The zero-order valence-electron chi connectivity index (χ0n) is 16.5. The molecule has 7 nitrogen and oxygen atoms in total. The summed E-state index contributed by atoms with van der Waals surface area (Å²) in [5, 5.41) is 13.5. The SMILES string of the molecule is CCOc1cc(C)c(C=NNc2nc(-c3ccccc3)c(C#N)c(=O)[nH]2)c(C)c1. The molecule has 1 heterocycles. The first-order valence-corrected chi connectivity index (χ1v) is 9.16. The van der Waals surface area contributed by atoms with Crippen LogP contribution in [0.1, 0.15) is 29.2 Å². The standard InChI is InChI=1S/C22H21N5O2/c1-4-29-17-10-14(2)19(15(3)11-17)13-24-27-22-25-20(16-8-6-5-7-9-16)18(12-23)21(28)26-22/h5-11,13H,4H2,1-3H3,(H2,25,26,27,28). The molecule has 0 aliphatic rings. The molecule has 2 aromatic carbocycles. The van der Waals surface area contributed by atoms with Crippen molar-refractivity contribution in [3.63, 3.8) is 0 Å². The summed E-state index contributed by atoms with van der Waals surface area (Å²) in [5.74, 6) is 0.976. The highest BCUT2D eigenvalue weighted by Gasteiger charge is 2.13. The van der Waals surface area contributed by atoms with Crippen molar-refractivity contribution >= 4 is 12.2 Å². The summed E-state index contributed by atoms with van der Waals surface area (Å²) in [6, 6.07) is 14.9. The highest BCUT2D eigenvalue weighted by Crippen LogP contribution is 2.21. The van der Waals surface area contributed by atoms with E-state index in [1.165, 1.54) is 0 Å². The summed E-state index contributed by atoms with van der Waals surface area (Å²) in [6.45, 7) is 6.51. The minimum Gasteiger partial charge on any atom is -0.494 e. The van der Waals surface area contributed by atoms with Crippen LogP contribution in [-0.2, 0) is 0 Å². The number of hydrazone groups is 1. The maximum Gasteiger partial charge on any atom is 0.270 e. The van der Waals surface area contributed by atoms with Crippen LogP contribution >= 0.6 is 0 Å². The molecule has 3 aromatic rings. The van der Waals surface area contributed by atoms with Crippen LogP contribution in [-0.4, -0.2) is 22.8 Å². The average molecular weight is 387 g/mol. The summed E-state index contributed by atoms with van der Waals surface area (Å²) in [6.07, 6.45) is 1.67. The normalized spacial score (nSPS) is 10.7. The number of rotatable bonds is 6. The fraction of sp³-hybridized carbons (Fsp3) is 0.182. The quantitative estimate of drug-likeness (QED) is 0.495. The van der Waals surface area contributed by atoms with E-state index in [0.717, 1.165) is 22.4 Å². The Hall–Kier alpha value is -3.92. The largest absolute Gasteiger partial charge is 0.494 e. The van der Waals surface area contributed by atoms with E-state index in [-0.39, 0.29) is 11.5 Å². The number of hydrogen-bond acceptors (Lipinski definition) is 6. The number of nitrogens with one attached hydrogen (secondary N) is 2. The summed E-state index contributed by atoms with van der Waals surface area (Å²) in [7, 11) is 0. The second-order valence-corrected chi connectivity index (χ2v) is 6.39. The zero-order chi connectivity index (χ0) is 20.8. The molecule has 0 unspecified atom stereocenters. The van der Waals surface area contributed by atoms with Gasteiger partial charge in [-0.05, 0) is 44.0 Å². The van der Waals surface area contributed by atoms with Gasteiger partial charge in [-0.1, -0.05) is 30.3 Å². The first-order chi connectivity index (χ1) is 14.0. The number of hydrogen-bond donors (Lipinski definition) is 2. The second-order valence-electron chi connectivity index (χ2n) is 6.39. The molecule has 2 N–H and O–H groups in total. The van der Waals surface area contributed by atoms with Gasteiger partial charge < -0.3 is 4.74 Å². The van der Waals surface area contributed by atoms with E-state index in [9.17, 15) is 10.1 Å². The summed E-state index contributed by atoms with van der Waals surface area (Å²) < 4.78 is 5.55. The van der Waals surface area contributed by atoms with E-state index in [4.69, 9.17) is 4.74 Å². The molecular formula is C22H21N5O2. The van der Waals surface area contributed by atoms with Crippen molar-refractivity contribution in [2.45, 2.75) is 20.8 Å². The number of H-pyrrole nitrogens is 1. The highest BCUT2D eigenvalue weighted by atomic mass is 16.5. The molecule has 0 atom stereocenters. The lowest BCUT2D eigenvalue weighted by atomic mass is 10.0. The smallest absolute Gasteiger partial charge is 0.270 e. The molecule has 29 heavy (non-hydrogen) atoms. The average Bonchev–Trinajstić information content (AvgIpc) is 2.70. The Bertz CT molecular complexity index is 1120. The lowest BCUT2D eigenvalue weighted by Crippen LogP contribution is -2.16. The maximum atomic E-state index is 12.3. The molecule has 0 aliphatic carbocycles. The zero-order valence-corrected chi connectivity index (χ0v) is 16.5. The minimum atomic E-state index is -0.521. The Kier molecular flexibility index (Phi) is 6.05. The Labute approximate surface area is 168 Å². The van der Waals surface area contributed by atoms with Crippen LogP contribution in [0.3, 0.4) is 0 Å². The third kappa shape index (κ3) is 4.50. The summed E-state index contributed by atoms with van der Waals surface area (Å²) in [4.78, 5) is 19.2. The van der Waals surface area contributed by atoms with Crippen molar-refractivity contribution in [3.05, 3.63) is 75.1 Å². The van der Waals surface area contributed by atoms with Crippen molar-refractivity contribution < 1.29 is 4.74 Å². The van der Waals surface area contributed by atoms with Gasteiger partial charge in [-0.15, -0.1) is 0 Å². The molecule has 1 aromatic heterocycles. The lowest BCUT2D eigenvalue weighted by molar-refractivity contribution is 0.340. The maximum absolute atomic E-state index is 12.3. The van der Waals surface area contributed by atoms with E-state index in [1.54, 1.807) is 18.3 Å². The van der Waals surface area contributed by atoms with Crippen molar-refractivity contribution in [3.8, 4) is 23.1 Å². The van der Waals surface area contributed by atoms with E-state index in [1.807, 2.05) is 57.2 Å². The van der Waals surface area contributed by atoms with Crippen LogP contribution in [0.5, 0.6) is 5.75 Å².